The lowest BCUT2D eigenvalue weighted by Crippen LogP contribution is -2.42. The third-order valence-electron chi connectivity index (χ3n) is 6.74. The zero-order chi connectivity index (χ0) is 24.3. The summed E-state index contributed by atoms with van der Waals surface area (Å²) in [4.78, 5) is 4.61. The second-order valence-corrected chi connectivity index (χ2v) is 9.47. The first-order chi connectivity index (χ1) is 15.3. The molecule has 156 valence electrons. The highest BCUT2D eigenvalue weighted by Gasteiger charge is 2.51. The van der Waals surface area contributed by atoms with Gasteiger partial charge in [0.15, 0.2) is 0 Å². The van der Waals surface area contributed by atoms with Crippen LogP contribution in [0.3, 0.4) is 0 Å². The average Bonchev–Trinajstić information content (AvgIpc) is 2.99. The molecule has 0 bridgehead atoms. The molecule has 0 aliphatic carbocycles. The van der Waals surface area contributed by atoms with Gasteiger partial charge < -0.3 is 14.4 Å². The van der Waals surface area contributed by atoms with E-state index in [1.54, 1.807) is 6.20 Å². The number of pyridine rings is 1. The van der Waals surface area contributed by atoms with Gasteiger partial charge in [-0.25, -0.2) is 0 Å². The lowest BCUT2D eigenvalue weighted by Gasteiger charge is -2.32. The highest BCUT2D eigenvalue weighted by atomic mass is 16.7. The molecule has 1 N–H and O–H groups in total. The van der Waals surface area contributed by atoms with Crippen LogP contribution >= 0.6 is 0 Å². The quantitative estimate of drug-likeness (QED) is 0.595. The number of aromatic nitrogens is 1. The summed E-state index contributed by atoms with van der Waals surface area (Å²) >= 11 is 0. The van der Waals surface area contributed by atoms with Gasteiger partial charge in [-0.2, -0.15) is 0 Å². The highest BCUT2D eigenvalue weighted by molar-refractivity contribution is 6.62. The maximum atomic E-state index is 10.0. The molecule has 9 heteroatoms. The van der Waals surface area contributed by atoms with E-state index in [1.165, 1.54) is 0 Å². The third kappa shape index (κ3) is 3.96. The maximum absolute atomic E-state index is 10.0. The Bertz CT molecular complexity index is 1200. The molecule has 33 heavy (non-hydrogen) atoms. The Kier molecular flexibility index (Phi) is 5.87. The van der Waals surface area contributed by atoms with Crippen LogP contribution < -0.4 is 27.3 Å². The predicted octanol–water partition coefficient (Wildman–Crippen LogP) is -0.0960. The van der Waals surface area contributed by atoms with E-state index in [9.17, 15) is 5.11 Å². The van der Waals surface area contributed by atoms with Gasteiger partial charge in [0.1, 0.15) is 31.4 Å². The maximum Gasteiger partial charge on any atom is 0.494 e. The standard InChI is InChI=1S/C24H22B5NO3/c1-12-10-16(30-11-15(12)17-18(25)20(27)22(31)21(28)19(17)26)13-6-8-14(9-7-13)29-32-23(2,3)24(4,5)33-29/h6-11,31H,1-5H3. The van der Waals surface area contributed by atoms with Crippen LogP contribution in [0.15, 0.2) is 36.5 Å². The van der Waals surface area contributed by atoms with E-state index in [2.05, 4.69) is 4.98 Å². The van der Waals surface area contributed by atoms with Crippen LogP contribution in [0.25, 0.3) is 22.4 Å². The number of nitrogens with zero attached hydrogens (tertiary/aromatic N) is 1. The highest BCUT2D eigenvalue weighted by Crippen LogP contribution is 2.36. The van der Waals surface area contributed by atoms with Crippen molar-refractivity contribution in [1.29, 1.82) is 0 Å². The van der Waals surface area contributed by atoms with Crippen molar-refractivity contribution in [3.05, 3.63) is 42.1 Å². The number of phenolic OH excluding ortho intramolecular Hbond substituents is 1. The van der Waals surface area contributed by atoms with E-state index in [1.807, 2.05) is 65.0 Å². The van der Waals surface area contributed by atoms with Gasteiger partial charge in [0.2, 0.25) is 0 Å². The van der Waals surface area contributed by atoms with Gasteiger partial charge in [-0.15, -0.1) is 0 Å². The zero-order valence-electron chi connectivity index (χ0n) is 19.6. The molecule has 8 radical (unpaired) electrons. The van der Waals surface area contributed by atoms with Crippen molar-refractivity contribution in [3.8, 4) is 28.1 Å². The van der Waals surface area contributed by atoms with Crippen LogP contribution in [0.4, 0.5) is 0 Å². The van der Waals surface area contributed by atoms with Crippen LogP contribution in [-0.2, 0) is 9.31 Å². The molecule has 3 aromatic rings. The Morgan fingerprint density at radius 3 is 1.85 bits per heavy atom. The second kappa shape index (κ2) is 8.14. The summed E-state index contributed by atoms with van der Waals surface area (Å²) in [5.41, 5.74) is 4.27. The fourth-order valence-corrected chi connectivity index (χ4v) is 3.87. The Balaban J connectivity index is 1.65. The van der Waals surface area contributed by atoms with Crippen LogP contribution in [0.5, 0.6) is 5.75 Å². The Morgan fingerprint density at radius 1 is 0.848 bits per heavy atom. The number of aromatic hydroxyl groups is 1. The zero-order valence-corrected chi connectivity index (χ0v) is 19.6. The molecular formula is C24H22B5NO3. The number of hydrogen-bond donors (Lipinski definition) is 1. The van der Waals surface area contributed by atoms with Gasteiger partial charge in [0.05, 0.1) is 22.6 Å². The van der Waals surface area contributed by atoms with Gasteiger partial charge in [-0.1, -0.05) is 46.1 Å². The van der Waals surface area contributed by atoms with Crippen molar-refractivity contribution < 1.29 is 14.4 Å². The molecule has 4 nitrogen and oxygen atoms in total. The number of hydrogen-bond acceptors (Lipinski definition) is 4. The number of benzene rings is 2. The van der Waals surface area contributed by atoms with E-state index in [0.717, 1.165) is 22.3 Å². The fraction of sp³-hybridized carbons (Fsp3) is 0.292. The van der Waals surface area contributed by atoms with Crippen LogP contribution in [0.1, 0.15) is 33.3 Å². The van der Waals surface area contributed by atoms with E-state index in [0.29, 0.717) is 11.1 Å². The van der Waals surface area contributed by atoms with Crippen LogP contribution in [0, 0.1) is 6.92 Å². The van der Waals surface area contributed by atoms with Crippen LogP contribution in [-0.4, -0.2) is 59.8 Å². The molecule has 0 spiro atoms. The van der Waals surface area contributed by atoms with Gasteiger partial charge in [0.25, 0.3) is 0 Å². The molecule has 2 aromatic carbocycles. The van der Waals surface area contributed by atoms with Gasteiger partial charge in [0, 0.05) is 17.3 Å². The molecule has 1 aliphatic rings. The van der Waals surface area contributed by atoms with E-state index >= 15 is 0 Å². The van der Waals surface area contributed by atoms with Crippen LogP contribution in [0.2, 0.25) is 0 Å². The number of rotatable bonds is 3. The van der Waals surface area contributed by atoms with Crippen molar-refractivity contribution in [1.82, 2.24) is 4.98 Å². The van der Waals surface area contributed by atoms with Crippen molar-refractivity contribution in [3.63, 3.8) is 0 Å². The molecular weight excluding hydrogens is 404 g/mol. The summed E-state index contributed by atoms with van der Waals surface area (Å²) < 4.78 is 12.3. The third-order valence-corrected chi connectivity index (χ3v) is 6.74. The number of aryl methyl sites for hydroxylation is 1. The number of phenols is 1. The molecule has 0 amide bonds. The minimum absolute atomic E-state index is 0.00142. The van der Waals surface area contributed by atoms with E-state index in [-0.39, 0.29) is 27.6 Å². The summed E-state index contributed by atoms with van der Waals surface area (Å²) in [7, 11) is 23.7. The molecule has 1 aliphatic heterocycles. The molecule has 1 saturated heterocycles. The Labute approximate surface area is 201 Å². The van der Waals surface area contributed by atoms with E-state index < -0.39 is 18.3 Å². The first kappa shape index (κ1) is 23.8. The van der Waals surface area contributed by atoms with Crippen molar-refractivity contribution in [2.45, 2.75) is 45.8 Å². The Hall–Kier alpha value is -2.37. The van der Waals surface area contributed by atoms with Gasteiger partial charge in [-0.05, 0) is 57.3 Å². The second-order valence-electron chi connectivity index (χ2n) is 9.47. The molecule has 0 atom stereocenters. The summed E-state index contributed by atoms with van der Waals surface area (Å²) in [6.45, 7) is 10.1. The topological polar surface area (TPSA) is 51.6 Å². The summed E-state index contributed by atoms with van der Waals surface area (Å²) in [5.74, 6) is -0.307. The lowest BCUT2D eigenvalue weighted by molar-refractivity contribution is 0.00578. The SMILES string of the molecule is [B]c1c([B])c(-c2cnc(-c3ccc(B4OC(C)(C)C(C)(C)O4)cc3)cc2C)c([B])c([B])c1O. The molecule has 0 unspecified atom stereocenters. The van der Waals surface area contributed by atoms with E-state index in [4.69, 9.17) is 40.7 Å². The molecule has 1 aromatic heterocycles. The fourth-order valence-electron chi connectivity index (χ4n) is 3.87. The van der Waals surface area contributed by atoms with Crippen molar-refractivity contribution in [2.24, 2.45) is 0 Å². The minimum Gasteiger partial charge on any atom is -0.509 e. The lowest BCUT2D eigenvalue weighted by atomic mass is 9.65. The van der Waals surface area contributed by atoms with Gasteiger partial charge >= 0.3 is 7.12 Å². The summed E-state index contributed by atoms with van der Waals surface area (Å²) in [5, 5.41) is 10.0. The first-order valence-electron chi connectivity index (χ1n) is 10.7. The molecule has 2 heterocycles. The monoisotopic (exact) mass is 427 g/mol. The van der Waals surface area contributed by atoms with Gasteiger partial charge in [-0.3, -0.25) is 4.98 Å². The Morgan fingerprint density at radius 2 is 1.36 bits per heavy atom. The first-order valence-corrected chi connectivity index (χ1v) is 10.7. The van der Waals surface area contributed by atoms with Crippen molar-refractivity contribution >= 4 is 65.8 Å². The average molecular weight is 427 g/mol. The smallest absolute Gasteiger partial charge is 0.494 e. The molecule has 1 fully saturated rings. The largest absolute Gasteiger partial charge is 0.509 e. The van der Waals surface area contributed by atoms with Crippen molar-refractivity contribution in [2.75, 3.05) is 0 Å². The predicted molar refractivity (Wildman–Crippen MR) is 139 cm³/mol. The normalized spacial score (nSPS) is 16.8. The molecule has 0 saturated carbocycles. The molecule has 4 rings (SSSR count). The summed E-state index contributed by atoms with van der Waals surface area (Å²) in [6, 6.07) is 9.89. The summed E-state index contributed by atoms with van der Waals surface area (Å²) in [6.07, 6.45) is 1.69. The minimum atomic E-state index is -0.419.